The summed E-state index contributed by atoms with van der Waals surface area (Å²) in [4.78, 5) is 10.4. The lowest BCUT2D eigenvalue weighted by atomic mass is 10.0. The SMILES string of the molecule is C1CCCNCC1.NC(=O)/C=C\N/N=C(\N)c1cc(C(F)(F)F)cc(C(F)(F)F)c1. The molecule has 0 unspecified atom stereocenters. The number of hydrogen-bond donors (Lipinski definition) is 4. The fourth-order valence-electron chi connectivity index (χ4n) is 2.37. The number of halogens is 6. The molecule has 1 aliphatic heterocycles. The largest absolute Gasteiger partial charge is 0.416 e. The summed E-state index contributed by atoms with van der Waals surface area (Å²) >= 11 is 0. The van der Waals surface area contributed by atoms with Crippen molar-refractivity contribution in [3.8, 4) is 0 Å². The van der Waals surface area contributed by atoms with Crippen molar-refractivity contribution in [1.82, 2.24) is 10.7 Å². The van der Waals surface area contributed by atoms with Gasteiger partial charge < -0.3 is 16.8 Å². The van der Waals surface area contributed by atoms with Crippen molar-refractivity contribution >= 4 is 11.7 Å². The molecule has 0 bridgehead atoms. The van der Waals surface area contributed by atoms with E-state index in [1.165, 1.54) is 38.8 Å². The second kappa shape index (κ2) is 11.4. The van der Waals surface area contributed by atoms with Gasteiger partial charge in [0.1, 0.15) is 0 Å². The van der Waals surface area contributed by atoms with Crippen molar-refractivity contribution < 1.29 is 31.1 Å². The van der Waals surface area contributed by atoms with Crippen LogP contribution in [-0.4, -0.2) is 24.8 Å². The van der Waals surface area contributed by atoms with Gasteiger partial charge in [-0.3, -0.25) is 10.2 Å². The van der Waals surface area contributed by atoms with Crippen LogP contribution in [-0.2, 0) is 17.1 Å². The highest BCUT2D eigenvalue weighted by molar-refractivity contribution is 5.97. The average Bonchev–Trinajstić information content (AvgIpc) is 2.96. The number of primary amides is 1. The molecule has 168 valence electrons. The van der Waals surface area contributed by atoms with Crippen LogP contribution in [0.15, 0.2) is 35.6 Å². The predicted molar refractivity (Wildman–Crippen MR) is 100.0 cm³/mol. The first-order valence-electron chi connectivity index (χ1n) is 8.96. The van der Waals surface area contributed by atoms with Crippen LogP contribution >= 0.6 is 0 Å². The third-order valence-electron chi connectivity index (χ3n) is 3.85. The van der Waals surface area contributed by atoms with Crippen molar-refractivity contribution in [1.29, 1.82) is 0 Å². The van der Waals surface area contributed by atoms with E-state index in [1.807, 2.05) is 0 Å². The Morgan fingerprint density at radius 1 is 0.933 bits per heavy atom. The minimum atomic E-state index is -4.99. The Hall–Kier alpha value is -2.76. The first kappa shape index (κ1) is 25.3. The zero-order chi connectivity index (χ0) is 22.8. The van der Waals surface area contributed by atoms with Gasteiger partial charge in [0.05, 0.1) is 11.1 Å². The molecule has 30 heavy (non-hydrogen) atoms. The predicted octanol–water partition coefficient (Wildman–Crippen LogP) is 3.08. The van der Waals surface area contributed by atoms with Crippen LogP contribution in [0.1, 0.15) is 42.4 Å². The van der Waals surface area contributed by atoms with Crippen LogP contribution in [0.3, 0.4) is 0 Å². The van der Waals surface area contributed by atoms with E-state index in [4.69, 9.17) is 11.5 Å². The standard InChI is InChI=1S/C12H10F6N4O.C6H13N/c13-11(14,15)7-3-6(4-8(5-7)12(16,17)18)10(20)22-21-2-1-9(19)23;1-2-4-6-7-5-3-1/h1-5,21H,(H2,19,23)(H2,20,22);7H,1-6H2/b2-1-;. The quantitative estimate of drug-likeness (QED) is 0.190. The molecule has 6 nitrogen and oxygen atoms in total. The van der Waals surface area contributed by atoms with Crippen molar-refractivity contribution in [3.05, 3.63) is 47.2 Å². The number of hydrogen-bond acceptors (Lipinski definition) is 4. The van der Waals surface area contributed by atoms with Gasteiger partial charge in [-0.25, -0.2) is 0 Å². The molecule has 6 N–H and O–H groups in total. The second-order valence-electron chi connectivity index (χ2n) is 6.32. The van der Waals surface area contributed by atoms with Crippen molar-refractivity contribution in [2.75, 3.05) is 13.1 Å². The lowest BCUT2D eigenvalue weighted by Gasteiger charge is -2.13. The maximum atomic E-state index is 12.7. The Morgan fingerprint density at radius 2 is 1.43 bits per heavy atom. The molecule has 0 saturated carbocycles. The molecule has 1 amide bonds. The van der Waals surface area contributed by atoms with Gasteiger partial charge in [0.25, 0.3) is 0 Å². The Balaban J connectivity index is 0.000000539. The molecule has 0 radical (unpaired) electrons. The van der Waals surface area contributed by atoms with Crippen LogP contribution in [0.4, 0.5) is 26.3 Å². The number of amides is 1. The fraction of sp³-hybridized carbons (Fsp3) is 0.444. The van der Waals surface area contributed by atoms with E-state index in [9.17, 15) is 31.1 Å². The first-order chi connectivity index (χ1) is 13.9. The first-order valence-corrected chi connectivity index (χ1v) is 8.96. The molecule has 1 aliphatic rings. The van der Waals surface area contributed by atoms with E-state index >= 15 is 0 Å². The molecule has 2 rings (SSSR count). The number of nitrogens with one attached hydrogen (secondary N) is 2. The van der Waals surface area contributed by atoms with Crippen LogP contribution in [0.25, 0.3) is 0 Å². The zero-order valence-corrected chi connectivity index (χ0v) is 15.9. The van der Waals surface area contributed by atoms with Gasteiger partial charge in [0.15, 0.2) is 5.84 Å². The molecule has 0 spiro atoms. The Morgan fingerprint density at radius 3 is 1.87 bits per heavy atom. The Labute approximate surface area is 169 Å². The molecule has 1 saturated heterocycles. The molecule has 1 aromatic rings. The highest BCUT2D eigenvalue weighted by atomic mass is 19.4. The molecule has 12 heteroatoms. The molecule has 0 aromatic heterocycles. The van der Waals surface area contributed by atoms with E-state index in [2.05, 4.69) is 15.8 Å². The molecule has 1 aromatic carbocycles. The molecule has 0 aliphatic carbocycles. The monoisotopic (exact) mass is 439 g/mol. The molecule has 1 heterocycles. The topological polar surface area (TPSA) is 106 Å². The molecule has 0 atom stereocenters. The highest BCUT2D eigenvalue weighted by Crippen LogP contribution is 2.36. The minimum Gasteiger partial charge on any atom is -0.382 e. The summed E-state index contributed by atoms with van der Waals surface area (Å²) in [5.74, 6) is -1.49. The summed E-state index contributed by atoms with van der Waals surface area (Å²) in [7, 11) is 0. The van der Waals surface area contributed by atoms with E-state index < -0.39 is 40.8 Å². The maximum absolute atomic E-state index is 12.7. The zero-order valence-electron chi connectivity index (χ0n) is 15.9. The summed E-state index contributed by atoms with van der Waals surface area (Å²) in [5, 5.41) is 6.68. The van der Waals surface area contributed by atoms with Crippen molar-refractivity contribution in [3.63, 3.8) is 0 Å². The summed E-state index contributed by atoms with van der Waals surface area (Å²) in [6.07, 6.45) is -2.59. The van der Waals surface area contributed by atoms with Gasteiger partial charge in [-0.2, -0.15) is 31.4 Å². The summed E-state index contributed by atoms with van der Waals surface area (Å²) < 4.78 is 76.0. The third-order valence-corrected chi connectivity index (χ3v) is 3.85. The number of carbonyl (C=O) groups is 1. The maximum Gasteiger partial charge on any atom is 0.416 e. The molecular weight excluding hydrogens is 416 g/mol. The van der Waals surface area contributed by atoms with Crippen molar-refractivity contribution in [2.24, 2.45) is 16.6 Å². The number of carbonyl (C=O) groups excluding carboxylic acids is 1. The second-order valence-corrected chi connectivity index (χ2v) is 6.32. The molecular formula is C18H23F6N5O. The number of hydrazone groups is 1. The number of nitrogens with zero attached hydrogens (tertiary/aromatic N) is 1. The van der Waals surface area contributed by atoms with Crippen LogP contribution in [0.2, 0.25) is 0 Å². The van der Waals surface area contributed by atoms with Crippen LogP contribution in [0, 0.1) is 0 Å². The minimum absolute atomic E-state index is 0.0306. The van der Waals surface area contributed by atoms with Gasteiger partial charge in [-0.15, -0.1) is 0 Å². The van der Waals surface area contributed by atoms with E-state index in [0.29, 0.717) is 12.1 Å². The van der Waals surface area contributed by atoms with Gasteiger partial charge in [-0.1, -0.05) is 12.8 Å². The lowest BCUT2D eigenvalue weighted by Crippen LogP contribution is -2.20. The van der Waals surface area contributed by atoms with E-state index in [0.717, 1.165) is 12.3 Å². The van der Waals surface area contributed by atoms with Crippen LogP contribution < -0.4 is 22.2 Å². The van der Waals surface area contributed by atoms with Gasteiger partial charge in [0.2, 0.25) is 5.91 Å². The third kappa shape index (κ3) is 9.63. The number of alkyl halides is 6. The normalized spacial score (nSPS) is 15.9. The number of nitrogens with two attached hydrogens (primary N) is 2. The van der Waals surface area contributed by atoms with Gasteiger partial charge >= 0.3 is 12.4 Å². The summed E-state index contributed by atoms with van der Waals surface area (Å²) in [6.45, 7) is 2.50. The van der Waals surface area contributed by atoms with E-state index in [-0.39, 0.29) is 6.07 Å². The summed E-state index contributed by atoms with van der Waals surface area (Å²) in [5.41, 5.74) is 8.52. The van der Waals surface area contributed by atoms with Crippen molar-refractivity contribution in [2.45, 2.75) is 38.0 Å². The smallest absolute Gasteiger partial charge is 0.382 e. The Kier molecular flexibility index (Phi) is 9.63. The number of rotatable bonds is 4. The lowest BCUT2D eigenvalue weighted by molar-refractivity contribution is -0.143. The van der Waals surface area contributed by atoms with E-state index in [1.54, 1.807) is 0 Å². The number of amidine groups is 1. The van der Waals surface area contributed by atoms with Gasteiger partial charge in [-0.05, 0) is 44.1 Å². The summed E-state index contributed by atoms with van der Waals surface area (Å²) in [6, 6.07) is 0.818. The number of benzene rings is 1. The molecule has 1 fully saturated rings. The average molecular weight is 439 g/mol. The highest BCUT2D eigenvalue weighted by Gasteiger charge is 2.37. The fourth-order valence-corrected chi connectivity index (χ4v) is 2.37. The Bertz CT molecular complexity index is 707. The van der Waals surface area contributed by atoms with Gasteiger partial charge in [0, 0.05) is 17.8 Å². The van der Waals surface area contributed by atoms with Crippen LogP contribution in [0.5, 0.6) is 0 Å².